The number of likely N-dealkylation sites (tertiary alicyclic amines) is 1. The summed E-state index contributed by atoms with van der Waals surface area (Å²) in [6, 6.07) is 6.37. The first kappa shape index (κ1) is 23.2. The van der Waals surface area contributed by atoms with Crippen LogP contribution in [0.2, 0.25) is 0 Å². The third-order valence-electron chi connectivity index (χ3n) is 5.05. The lowest BCUT2D eigenvalue weighted by Gasteiger charge is -2.32. The van der Waals surface area contributed by atoms with Crippen LogP contribution in [0.25, 0.3) is 0 Å². The first-order valence-corrected chi connectivity index (χ1v) is 10.7. The zero-order valence-electron chi connectivity index (χ0n) is 17.0. The van der Waals surface area contributed by atoms with Gasteiger partial charge in [-0.3, -0.25) is 9.89 Å². The molecule has 8 heteroatoms. The lowest BCUT2D eigenvalue weighted by molar-refractivity contribution is 0.179. The number of thiophene rings is 1. The van der Waals surface area contributed by atoms with Crippen molar-refractivity contribution in [3.05, 3.63) is 39.9 Å². The smallest absolute Gasteiger partial charge is 0.191 e. The molecule has 0 aliphatic carbocycles. The second-order valence-corrected chi connectivity index (χ2v) is 8.51. The third kappa shape index (κ3) is 7.04. The van der Waals surface area contributed by atoms with E-state index in [-0.39, 0.29) is 24.0 Å². The average Bonchev–Trinajstić information content (AvgIpc) is 3.35. The largest absolute Gasteiger partial charge is 0.359 e. The Kier molecular flexibility index (Phi) is 9.73. The topological polar surface area (TPSA) is 65.7 Å². The van der Waals surface area contributed by atoms with Crippen LogP contribution in [0.1, 0.15) is 48.9 Å². The molecule has 1 fully saturated rings. The Bertz CT molecular complexity index is 708. The summed E-state index contributed by atoms with van der Waals surface area (Å²) in [5.74, 6) is 2.73. The van der Waals surface area contributed by atoms with E-state index < -0.39 is 0 Å². The van der Waals surface area contributed by atoms with Crippen LogP contribution in [0.3, 0.4) is 0 Å². The predicted octanol–water partition coefficient (Wildman–Crippen LogP) is 4.05. The van der Waals surface area contributed by atoms with Crippen molar-refractivity contribution in [2.24, 2.45) is 10.9 Å². The summed E-state index contributed by atoms with van der Waals surface area (Å²) in [4.78, 5) is 8.34. The fraction of sp³-hybridized carbons (Fsp3) is 0.600. The molecule has 1 saturated heterocycles. The number of aromatic nitrogens is 1. The normalized spacial score (nSPS) is 16.2. The number of hydrogen-bond acceptors (Lipinski definition) is 5. The molecule has 0 unspecified atom stereocenters. The molecule has 156 valence electrons. The van der Waals surface area contributed by atoms with Crippen molar-refractivity contribution in [1.82, 2.24) is 20.7 Å². The summed E-state index contributed by atoms with van der Waals surface area (Å²) >= 11 is 1.85. The lowest BCUT2D eigenvalue weighted by Crippen LogP contribution is -2.42. The van der Waals surface area contributed by atoms with Gasteiger partial charge in [-0.25, -0.2) is 0 Å². The van der Waals surface area contributed by atoms with Gasteiger partial charge in [0.15, 0.2) is 11.7 Å². The molecule has 0 atom stereocenters. The third-order valence-corrected chi connectivity index (χ3v) is 5.91. The van der Waals surface area contributed by atoms with Crippen LogP contribution in [0.15, 0.2) is 33.1 Å². The highest BCUT2D eigenvalue weighted by molar-refractivity contribution is 14.0. The van der Waals surface area contributed by atoms with Gasteiger partial charge < -0.3 is 15.2 Å². The van der Waals surface area contributed by atoms with Gasteiger partial charge in [-0.15, -0.1) is 35.3 Å². The van der Waals surface area contributed by atoms with Crippen molar-refractivity contribution >= 4 is 41.3 Å². The second-order valence-electron chi connectivity index (χ2n) is 7.48. The Morgan fingerprint density at radius 1 is 1.36 bits per heavy atom. The highest BCUT2D eigenvalue weighted by Crippen LogP contribution is 2.20. The van der Waals surface area contributed by atoms with E-state index in [0.717, 1.165) is 30.5 Å². The van der Waals surface area contributed by atoms with E-state index in [4.69, 9.17) is 4.52 Å². The van der Waals surface area contributed by atoms with Crippen molar-refractivity contribution < 1.29 is 4.52 Å². The number of halogens is 1. The molecule has 2 N–H and O–H groups in total. The summed E-state index contributed by atoms with van der Waals surface area (Å²) in [7, 11) is 1.80. The van der Waals surface area contributed by atoms with Gasteiger partial charge in [0.25, 0.3) is 0 Å². The Morgan fingerprint density at radius 3 is 2.75 bits per heavy atom. The number of rotatable bonds is 7. The van der Waals surface area contributed by atoms with Crippen LogP contribution >= 0.6 is 35.3 Å². The van der Waals surface area contributed by atoms with Crippen molar-refractivity contribution in [3.8, 4) is 0 Å². The molecular weight excluding hydrogens is 485 g/mol. The van der Waals surface area contributed by atoms with E-state index in [9.17, 15) is 0 Å². The summed E-state index contributed by atoms with van der Waals surface area (Å²) in [5, 5.41) is 13.0. The van der Waals surface area contributed by atoms with Crippen LogP contribution in [0, 0.1) is 5.92 Å². The van der Waals surface area contributed by atoms with Gasteiger partial charge in [-0.2, -0.15) is 0 Å². The molecule has 2 aromatic rings. The van der Waals surface area contributed by atoms with E-state index >= 15 is 0 Å². The summed E-state index contributed by atoms with van der Waals surface area (Å²) in [6.07, 6.45) is 2.46. The highest BCUT2D eigenvalue weighted by Gasteiger charge is 2.19. The van der Waals surface area contributed by atoms with Crippen molar-refractivity contribution in [2.45, 2.75) is 45.7 Å². The number of aliphatic imine (C=N–C) groups is 1. The molecule has 28 heavy (non-hydrogen) atoms. The van der Waals surface area contributed by atoms with Gasteiger partial charge in [-0.05, 0) is 49.2 Å². The summed E-state index contributed by atoms with van der Waals surface area (Å²) < 4.78 is 5.37. The number of nitrogens with zero attached hydrogens (tertiary/aromatic N) is 3. The highest BCUT2D eigenvalue weighted by atomic mass is 127. The van der Waals surface area contributed by atoms with Crippen LogP contribution in [-0.4, -0.2) is 42.7 Å². The molecule has 6 nitrogen and oxygen atoms in total. The molecule has 0 amide bonds. The van der Waals surface area contributed by atoms with Crippen LogP contribution in [0.4, 0.5) is 0 Å². The van der Waals surface area contributed by atoms with Crippen LogP contribution in [-0.2, 0) is 13.1 Å². The average molecular weight is 517 g/mol. The molecule has 3 rings (SSSR count). The Balaban J connectivity index is 0.00000280. The van der Waals surface area contributed by atoms with Gasteiger partial charge >= 0.3 is 0 Å². The predicted molar refractivity (Wildman–Crippen MR) is 127 cm³/mol. The quantitative estimate of drug-likeness (QED) is 0.330. The summed E-state index contributed by atoms with van der Waals surface area (Å²) in [6.45, 7) is 9.22. The maximum atomic E-state index is 5.37. The SMILES string of the molecule is CN=C(NCc1cc(C(C)C)no1)NCC1CCN(Cc2cccs2)CC1.I. The fourth-order valence-corrected chi connectivity index (χ4v) is 4.03. The van der Waals surface area contributed by atoms with Crippen molar-refractivity contribution in [1.29, 1.82) is 0 Å². The van der Waals surface area contributed by atoms with E-state index in [1.807, 2.05) is 17.4 Å². The standard InChI is InChI=1S/C20H31N5OS.HI/c1-15(2)19-11-17(26-24-19)13-23-20(21-3)22-12-16-6-8-25(9-7-16)14-18-5-4-10-27-18;/h4-5,10-11,15-16H,6-9,12-14H2,1-3H3,(H2,21,22,23);1H. The van der Waals surface area contributed by atoms with Crippen LogP contribution in [0.5, 0.6) is 0 Å². The van der Waals surface area contributed by atoms with E-state index in [0.29, 0.717) is 18.4 Å². The molecule has 0 spiro atoms. The van der Waals surface area contributed by atoms with Gasteiger partial charge in [0.1, 0.15) is 0 Å². The van der Waals surface area contributed by atoms with Gasteiger partial charge in [0.05, 0.1) is 12.2 Å². The zero-order valence-corrected chi connectivity index (χ0v) is 20.1. The van der Waals surface area contributed by atoms with Crippen LogP contribution < -0.4 is 10.6 Å². The summed E-state index contributed by atoms with van der Waals surface area (Å²) in [5.41, 5.74) is 0.990. The number of guanidine groups is 1. The monoisotopic (exact) mass is 517 g/mol. The Morgan fingerprint density at radius 2 is 2.14 bits per heavy atom. The van der Waals surface area contributed by atoms with Crippen molar-refractivity contribution in [2.75, 3.05) is 26.7 Å². The lowest BCUT2D eigenvalue weighted by atomic mass is 9.97. The maximum absolute atomic E-state index is 5.37. The van der Waals surface area contributed by atoms with Gasteiger partial charge in [-0.1, -0.05) is 25.1 Å². The minimum Gasteiger partial charge on any atom is -0.359 e. The Labute approximate surface area is 189 Å². The maximum Gasteiger partial charge on any atom is 0.191 e. The molecule has 0 aromatic carbocycles. The van der Waals surface area contributed by atoms with Gasteiger partial charge in [0, 0.05) is 31.1 Å². The first-order valence-electron chi connectivity index (χ1n) is 9.78. The molecule has 2 aromatic heterocycles. The fourth-order valence-electron chi connectivity index (χ4n) is 3.29. The first-order chi connectivity index (χ1) is 13.1. The number of hydrogen-bond donors (Lipinski definition) is 2. The van der Waals surface area contributed by atoms with E-state index in [1.54, 1.807) is 7.05 Å². The number of piperidine rings is 1. The molecule has 1 aliphatic rings. The van der Waals surface area contributed by atoms with Gasteiger partial charge in [0.2, 0.25) is 0 Å². The van der Waals surface area contributed by atoms with Crippen molar-refractivity contribution in [3.63, 3.8) is 0 Å². The molecule has 0 bridgehead atoms. The molecule has 0 radical (unpaired) electrons. The minimum atomic E-state index is 0. The molecule has 0 saturated carbocycles. The van der Waals surface area contributed by atoms with E-state index in [1.165, 1.54) is 30.8 Å². The number of nitrogens with one attached hydrogen (secondary N) is 2. The Hall–Kier alpha value is -1.13. The van der Waals surface area contributed by atoms with E-state index in [2.05, 4.69) is 57.0 Å². The second kappa shape index (κ2) is 11.8. The molecule has 1 aliphatic heterocycles. The molecular formula is C20H32IN5OS. The minimum absolute atomic E-state index is 0. The zero-order chi connectivity index (χ0) is 19.1. The molecule has 3 heterocycles.